The molecule has 0 amide bonds. The highest BCUT2D eigenvalue weighted by atomic mass is 35.5. The molecule has 0 aliphatic rings. The summed E-state index contributed by atoms with van der Waals surface area (Å²) in [5.41, 5.74) is 0.697. The number of hydrogen-bond acceptors (Lipinski definition) is 5. The predicted octanol–water partition coefficient (Wildman–Crippen LogP) is 2.78. The second kappa shape index (κ2) is 7.64. The summed E-state index contributed by atoms with van der Waals surface area (Å²) in [4.78, 5) is 0. The number of rotatable bonds is 7. The first-order chi connectivity index (χ1) is 9.70. The predicted molar refractivity (Wildman–Crippen MR) is 78.8 cm³/mol. The highest BCUT2D eigenvalue weighted by Gasteiger charge is 2.09. The van der Waals surface area contributed by atoms with E-state index in [0.29, 0.717) is 17.2 Å². The van der Waals surface area contributed by atoms with Gasteiger partial charge in [-0.3, -0.25) is 0 Å². The zero-order valence-electron chi connectivity index (χ0n) is 11.0. The van der Waals surface area contributed by atoms with E-state index < -0.39 is 5.82 Å². The molecule has 1 N–H and O–H groups in total. The number of halogens is 2. The van der Waals surface area contributed by atoms with Gasteiger partial charge in [0, 0.05) is 32.2 Å². The van der Waals surface area contributed by atoms with Crippen LogP contribution in [-0.2, 0) is 11.2 Å². The van der Waals surface area contributed by atoms with Crippen LogP contribution >= 0.6 is 22.9 Å². The van der Waals surface area contributed by atoms with Crippen LogP contribution in [0.1, 0.15) is 5.01 Å². The van der Waals surface area contributed by atoms with E-state index in [4.69, 9.17) is 16.3 Å². The molecule has 108 valence electrons. The lowest BCUT2D eigenvalue weighted by molar-refractivity contribution is 0.199. The van der Waals surface area contributed by atoms with E-state index in [-0.39, 0.29) is 5.02 Å². The molecule has 0 unspecified atom stereocenters. The van der Waals surface area contributed by atoms with Crippen molar-refractivity contribution in [1.82, 2.24) is 15.5 Å². The fourth-order valence-corrected chi connectivity index (χ4v) is 2.55. The van der Waals surface area contributed by atoms with Crippen LogP contribution in [0, 0.1) is 5.82 Å². The molecule has 4 nitrogen and oxygen atoms in total. The van der Waals surface area contributed by atoms with Crippen LogP contribution in [0.4, 0.5) is 4.39 Å². The van der Waals surface area contributed by atoms with E-state index in [1.54, 1.807) is 13.2 Å². The molecule has 0 bridgehead atoms. The minimum Gasteiger partial charge on any atom is -0.383 e. The van der Waals surface area contributed by atoms with Crippen molar-refractivity contribution in [2.75, 3.05) is 26.8 Å². The third-order valence-corrected chi connectivity index (χ3v) is 3.97. The van der Waals surface area contributed by atoms with Crippen molar-refractivity contribution in [2.24, 2.45) is 0 Å². The van der Waals surface area contributed by atoms with Gasteiger partial charge in [-0.1, -0.05) is 29.0 Å². The third-order valence-electron chi connectivity index (χ3n) is 2.63. The number of ether oxygens (including phenoxy) is 1. The molecule has 0 saturated heterocycles. The summed E-state index contributed by atoms with van der Waals surface area (Å²) in [5.74, 6) is -0.442. The number of hydrogen-bond donors (Lipinski definition) is 1. The Morgan fingerprint density at radius 2 is 2.20 bits per heavy atom. The summed E-state index contributed by atoms with van der Waals surface area (Å²) < 4.78 is 18.3. The van der Waals surface area contributed by atoms with Crippen LogP contribution in [0.25, 0.3) is 10.6 Å². The number of nitrogens with zero attached hydrogens (tertiary/aromatic N) is 2. The van der Waals surface area contributed by atoms with E-state index in [9.17, 15) is 4.39 Å². The molecule has 0 aliphatic carbocycles. The van der Waals surface area contributed by atoms with Gasteiger partial charge in [0.1, 0.15) is 15.8 Å². The summed E-state index contributed by atoms with van der Waals surface area (Å²) in [6, 6.07) is 4.65. The van der Waals surface area contributed by atoms with Gasteiger partial charge in [-0.25, -0.2) is 4.39 Å². The topological polar surface area (TPSA) is 47.0 Å². The molecule has 0 fully saturated rings. The van der Waals surface area contributed by atoms with E-state index in [0.717, 1.165) is 24.5 Å². The molecule has 1 heterocycles. The van der Waals surface area contributed by atoms with Crippen molar-refractivity contribution < 1.29 is 9.13 Å². The van der Waals surface area contributed by atoms with Gasteiger partial charge in [0.05, 0.1) is 11.6 Å². The van der Waals surface area contributed by atoms with Gasteiger partial charge in [-0.2, -0.15) is 0 Å². The number of aromatic nitrogens is 2. The normalized spacial score (nSPS) is 10.9. The quantitative estimate of drug-likeness (QED) is 0.798. The zero-order chi connectivity index (χ0) is 14.4. The second-order valence-corrected chi connectivity index (χ2v) is 5.59. The molecule has 1 aromatic heterocycles. The van der Waals surface area contributed by atoms with Crippen molar-refractivity contribution in [3.05, 3.63) is 34.0 Å². The highest BCUT2D eigenvalue weighted by Crippen LogP contribution is 2.26. The first-order valence-corrected chi connectivity index (χ1v) is 7.37. The van der Waals surface area contributed by atoms with Gasteiger partial charge >= 0.3 is 0 Å². The van der Waals surface area contributed by atoms with Crippen LogP contribution in [0.5, 0.6) is 0 Å². The van der Waals surface area contributed by atoms with Crippen LogP contribution in [-0.4, -0.2) is 37.0 Å². The Labute approximate surface area is 125 Å². The Kier molecular flexibility index (Phi) is 5.85. The molecular formula is C13H15ClFN3OS. The number of nitrogens with one attached hydrogen (secondary N) is 1. The van der Waals surface area contributed by atoms with E-state index in [1.165, 1.54) is 23.5 Å². The van der Waals surface area contributed by atoms with Gasteiger partial charge in [0.2, 0.25) is 0 Å². The van der Waals surface area contributed by atoms with Crippen molar-refractivity contribution in [2.45, 2.75) is 6.42 Å². The Morgan fingerprint density at radius 1 is 1.35 bits per heavy atom. The lowest BCUT2D eigenvalue weighted by Crippen LogP contribution is -2.21. The van der Waals surface area contributed by atoms with E-state index >= 15 is 0 Å². The van der Waals surface area contributed by atoms with E-state index in [2.05, 4.69) is 15.5 Å². The summed E-state index contributed by atoms with van der Waals surface area (Å²) in [5, 5.41) is 13.1. The molecule has 0 aliphatic heterocycles. The molecule has 1 aromatic carbocycles. The van der Waals surface area contributed by atoms with Gasteiger partial charge in [0.25, 0.3) is 0 Å². The third kappa shape index (κ3) is 4.21. The summed E-state index contributed by atoms with van der Waals surface area (Å²) in [7, 11) is 1.67. The largest absolute Gasteiger partial charge is 0.383 e. The van der Waals surface area contributed by atoms with Gasteiger partial charge in [-0.15, -0.1) is 10.2 Å². The Balaban J connectivity index is 1.93. The molecule has 0 spiro atoms. The summed E-state index contributed by atoms with van der Waals surface area (Å²) >= 11 is 7.12. The Hall–Kier alpha value is -1.08. The first kappa shape index (κ1) is 15.3. The average molecular weight is 316 g/mol. The SMILES string of the molecule is COCCNCCc1nnc(-c2ccc(Cl)c(F)c2)s1. The van der Waals surface area contributed by atoms with Crippen LogP contribution in [0.15, 0.2) is 18.2 Å². The van der Waals surface area contributed by atoms with Crippen LogP contribution in [0.3, 0.4) is 0 Å². The van der Waals surface area contributed by atoms with Crippen molar-refractivity contribution >= 4 is 22.9 Å². The maximum absolute atomic E-state index is 13.4. The minimum atomic E-state index is -0.442. The number of benzene rings is 1. The highest BCUT2D eigenvalue weighted by molar-refractivity contribution is 7.14. The van der Waals surface area contributed by atoms with Crippen LogP contribution < -0.4 is 5.32 Å². The summed E-state index contributed by atoms with van der Waals surface area (Å²) in [6.45, 7) is 2.31. The van der Waals surface area contributed by atoms with Crippen molar-refractivity contribution in [3.63, 3.8) is 0 Å². The second-order valence-electron chi connectivity index (χ2n) is 4.12. The summed E-state index contributed by atoms with van der Waals surface area (Å²) in [6.07, 6.45) is 0.789. The minimum absolute atomic E-state index is 0.112. The molecule has 20 heavy (non-hydrogen) atoms. The van der Waals surface area contributed by atoms with Crippen molar-refractivity contribution in [3.8, 4) is 10.6 Å². The Bertz CT molecular complexity index is 564. The van der Waals surface area contributed by atoms with E-state index in [1.807, 2.05) is 0 Å². The van der Waals surface area contributed by atoms with Crippen molar-refractivity contribution in [1.29, 1.82) is 0 Å². The molecular weight excluding hydrogens is 301 g/mol. The molecule has 2 aromatic rings. The molecule has 2 rings (SSSR count). The Morgan fingerprint density at radius 3 is 2.95 bits per heavy atom. The maximum atomic E-state index is 13.4. The maximum Gasteiger partial charge on any atom is 0.147 e. The first-order valence-electron chi connectivity index (χ1n) is 6.18. The molecule has 0 atom stereocenters. The fourth-order valence-electron chi connectivity index (χ4n) is 1.60. The van der Waals surface area contributed by atoms with Gasteiger partial charge in [0.15, 0.2) is 0 Å². The lowest BCUT2D eigenvalue weighted by Gasteiger charge is -2.00. The smallest absolute Gasteiger partial charge is 0.147 e. The fraction of sp³-hybridized carbons (Fsp3) is 0.385. The molecule has 0 saturated carbocycles. The molecule has 7 heteroatoms. The van der Waals surface area contributed by atoms with Gasteiger partial charge in [-0.05, 0) is 12.1 Å². The standard InChI is InChI=1S/C13H15ClFN3OS/c1-19-7-6-16-5-4-12-17-18-13(20-12)9-2-3-10(14)11(15)8-9/h2-3,8,16H,4-7H2,1H3. The number of methoxy groups -OCH3 is 1. The molecule has 0 radical (unpaired) electrons. The van der Waals surface area contributed by atoms with Gasteiger partial charge < -0.3 is 10.1 Å². The van der Waals surface area contributed by atoms with Crippen LogP contribution in [0.2, 0.25) is 5.02 Å². The lowest BCUT2D eigenvalue weighted by atomic mass is 10.2. The zero-order valence-corrected chi connectivity index (χ0v) is 12.6. The average Bonchev–Trinajstić information content (AvgIpc) is 2.90. The monoisotopic (exact) mass is 315 g/mol.